The van der Waals surface area contributed by atoms with Crippen molar-refractivity contribution in [3.05, 3.63) is 46.6 Å². The number of aromatic nitrogens is 1. The van der Waals surface area contributed by atoms with Gasteiger partial charge in [-0.05, 0) is 35.2 Å². The molecular formula is C18H21ClN2O5S. The monoisotopic (exact) mass is 412 g/mol. The highest BCUT2D eigenvalue weighted by Crippen LogP contribution is 2.31. The number of sulfonamides is 1. The summed E-state index contributed by atoms with van der Waals surface area (Å²) in [5, 5.41) is 0.0924. The van der Waals surface area contributed by atoms with E-state index >= 15 is 0 Å². The number of rotatable bonds is 5. The molecule has 0 fully saturated rings. The van der Waals surface area contributed by atoms with E-state index in [1.54, 1.807) is 12.3 Å². The van der Waals surface area contributed by atoms with E-state index in [1.165, 1.54) is 26.4 Å². The van der Waals surface area contributed by atoms with Crippen LogP contribution < -0.4 is 9.46 Å². The van der Waals surface area contributed by atoms with Crippen molar-refractivity contribution in [1.82, 2.24) is 4.98 Å². The Labute approximate surface area is 163 Å². The number of hydrogen-bond acceptors (Lipinski definition) is 6. The average molecular weight is 413 g/mol. The van der Waals surface area contributed by atoms with Crippen LogP contribution in [0, 0.1) is 0 Å². The van der Waals surface area contributed by atoms with E-state index in [-0.39, 0.29) is 32.5 Å². The molecule has 0 bridgehead atoms. The summed E-state index contributed by atoms with van der Waals surface area (Å²) in [6.45, 7) is 5.95. The van der Waals surface area contributed by atoms with Crippen LogP contribution in [0.4, 0.5) is 5.69 Å². The van der Waals surface area contributed by atoms with Gasteiger partial charge in [-0.1, -0.05) is 32.4 Å². The number of nitrogens with one attached hydrogen (secondary N) is 1. The Morgan fingerprint density at radius 1 is 1.19 bits per heavy atom. The normalized spacial score (nSPS) is 11.8. The molecule has 0 radical (unpaired) electrons. The first-order valence-electron chi connectivity index (χ1n) is 7.95. The molecule has 0 amide bonds. The van der Waals surface area contributed by atoms with Crippen molar-refractivity contribution in [2.24, 2.45) is 0 Å². The summed E-state index contributed by atoms with van der Waals surface area (Å²) in [6.07, 6.45) is 1.63. The van der Waals surface area contributed by atoms with Crippen LogP contribution in [0.15, 0.2) is 35.4 Å². The fourth-order valence-electron chi connectivity index (χ4n) is 2.24. The van der Waals surface area contributed by atoms with Gasteiger partial charge in [-0.25, -0.2) is 18.2 Å². The summed E-state index contributed by atoms with van der Waals surface area (Å²) < 4.78 is 37.9. The third-order valence-corrected chi connectivity index (χ3v) is 5.50. The maximum absolute atomic E-state index is 12.8. The molecule has 0 saturated heterocycles. The van der Waals surface area contributed by atoms with E-state index in [2.05, 4.69) is 14.4 Å². The highest BCUT2D eigenvalue weighted by molar-refractivity contribution is 7.92. The fourth-order valence-corrected chi connectivity index (χ4v) is 3.51. The largest absolute Gasteiger partial charge is 0.480 e. The van der Waals surface area contributed by atoms with Crippen LogP contribution in [0.2, 0.25) is 5.02 Å². The molecule has 0 unspecified atom stereocenters. The van der Waals surface area contributed by atoms with E-state index in [0.29, 0.717) is 0 Å². The van der Waals surface area contributed by atoms with Crippen molar-refractivity contribution in [2.75, 3.05) is 18.9 Å². The summed E-state index contributed by atoms with van der Waals surface area (Å²) in [6, 6.07) is 5.44. The molecule has 0 saturated carbocycles. The number of halogens is 1. The highest BCUT2D eigenvalue weighted by Gasteiger charge is 2.23. The molecule has 0 aliphatic heterocycles. The number of anilines is 1. The maximum atomic E-state index is 12.8. The second-order valence-corrected chi connectivity index (χ2v) is 8.86. The molecule has 2 rings (SSSR count). The smallest absolute Gasteiger partial charge is 0.339 e. The van der Waals surface area contributed by atoms with Crippen molar-refractivity contribution < 1.29 is 22.7 Å². The van der Waals surface area contributed by atoms with E-state index in [0.717, 1.165) is 11.6 Å². The predicted octanol–water partition coefficient (Wildman–Crippen LogP) is 3.63. The summed E-state index contributed by atoms with van der Waals surface area (Å²) >= 11 is 5.95. The summed E-state index contributed by atoms with van der Waals surface area (Å²) in [5.74, 6) is -0.597. The van der Waals surface area contributed by atoms with Crippen molar-refractivity contribution in [1.29, 1.82) is 0 Å². The molecule has 0 aliphatic carbocycles. The number of hydrogen-bond donors (Lipinski definition) is 1. The molecule has 7 nitrogen and oxygen atoms in total. The number of esters is 1. The molecule has 9 heteroatoms. The van der Waals surface area contributed by atoms with Gasteiger partial charge in [0.1, 0.15) is 5.69 Å². The first-order chi connectivity index (χ1) is 12.5. The van der Waals surface area contributed by atoms with Crippen LogP contribution in [-0.4, -0.2) is 33.6 Å². The highest BCUT2D eigenvalue weighted by atomic mass is 35.5. The Morgan fingerprint density at radius 3 is 2.41 bits per heavy atom. The average Bonchev–Trinajstić information content (AvgIpc) is 2.60. The van der Waals surface area contributed by atoms with Gasteiger partial charge in [-0.2, -0.15) is 0 Å². The van der Waals surface area contributed by atoms with E-state index in [1.807, 2.05) is 20.8 Å². The lowest BCUT2D eigenvalue weighted by Crippen LogP contribution is -2.17. The van der Waals surface area contributed by atoms with Gasteiger partial charge in [0.2, 0.25) is 5.88 Å². The SMILES string of the molecule is COC(=O)c1cc(S(=O)(=O)Nc2cc(C(C)(C)C)cnc2OC)ccc1Cl. The minimum Gasteiger partial charge on any atom is -0.480 e. The molecule has 0 atom stereocenters. The van der Waals surface area contributed by atoms with Crippen LogP contribution in [-0.2, 0) is 20.2 Å². The van der Waals surface area contributed by atoms with Crippen molar-refractivity contribution >= 4 is 33.3 Å². The van der Waals surface area contributed by atoms with Gasteiger partial charge < -0.3 is 9.47 Å². The number of nitrogens with zero attached hydrogens (tertiary/aromatic N) is 1. The minimum atomic E-state index is -4.03. The van der Waals surface area contributed by atoms with Crippen molar-refractivity contribution in [2.45, 2.75) is 31.1 Å². The van der Waals surface area contributed by atoms with E-state index in [4.69, 9.17) is 16.3 Å². The second-order valence-electron chi connectivity index (χ2n) is 6.77. The standard InChI is InChI=1S/C18H21ClN2O5S/c1-18(2,3)11-8-15(16(25-4)20-10-11)21-27(23,24)12-6-7-14(19)13(9-12)17(22)26-5/h6-10,21H,1-5H3. The zero-order valence-electron chi connectivity index (χ0n) is 15.7. The Hall–Kier alpha value is -2.32. The lowest BCUT2D eigenvalue weighted by molar-refractivity contribution is 0.0600. The number of methoxy groups -OCH3 is 2. The lowest BCUT2D eigenvalue weighted by Gasteiger charge is -2.20. The van der Waals surface area contributed by atoms with Crippen molar-refractivity contribution in [3.8, 4) is 5.88 Å². The second kappa shape index (κ2) is 7.74. The number of pyridine rings is 1. The summed E-state index contributed by atoms with van der Waals surface area (Å²) in [7, 11) is -1.44. The van der Waals surface area contributed by atoms with E-state index in [9.17, 15) is 13.2 Å². The Bertz CT molecular complexity index is 968. The lowest BCUT2D eigenvalue weighted by atomic mass is 9.88. The van der Waals surface area contributed by atoms with Gasteiger partial charge in [0.15, 0.2) is 0 Å². The predicted molar refractivity (Wildman–Crippen MR) is 103 cm³/mol. The topological polar surface area (TPSA) is 94.6 Å². The maximum Gasteiger partial charge on any atom is 0.339 e. The van der Waals surface area contributed by atoms with Crippen LogP contribution in [0.25, 0.3) is 0 Å². The molecule has 1 N–H and O–H groups in total. The third kappa shape index (κ3) is 4.70. The van der Waals surface area contributed by atoms with Gasteiger partial charge in [-0.3, -0.25) is 4.72 Å². The van der Waals surface area contributed by atoms with Gasteiger partial charge in [0.05, 0.1) is 29.7 Å². The van der Waals surface area contributed by atoms with Crippen LogP contribution in [0.1, 0.15) is 36.7 Å². The first kappa shape index (κ1) is 21.0. The zero-order chi connectivity index (χ0) is 20.4. The molecule has 0 aliphatic rings. The van der Waals surface area contributed by atoms with Gasteiger partial charge in [0, 0.05) is 6.20 Å². The summed E-state index contributed by atoms with van der Waals surface area (Å²) in [5.41, 5.74) is 0.736. The quantitative estimate of drug-likeness (QED) is 0.753. The molecule has 2 aromatic rings. The van der Waals surface area contributed by atoms with Gasteiger partial charge >= 0.3 is 5.97 Å². The van der Waals surface area contributed by atoms with Gasteiger partial charge in [0.25, 0.3) is 10.0 Å². The number of ether oxygens (including phenoxy) is 2. The Morgan fingerprint density at radius 2 is 1.85 bits per heavy atom. The molecule has 0 spiro atoms. The molecule has 27 heavy (non-hydrogen) atoms. The Kier molecular flexibility index (Phi) is 6.01. The number of carbonyl (C=O) groups excluding carboxylic acids is 1. The first-order valence-corrected chi connectivity index (χ1v) is 9.81. The zero-order valence-corrected chi connectivity index (χ0v) is 17.2. The van der Waals surface area contributed by atoms with Crippen LogP contribution in [0.5, 0.6) is 5.88 Å². The van der Waals surface area contributed by atoms with Crippen molar-refractivity contribution in [3.63, 3.8) is 0 Å². The molecule has 146 valence electrons. The third-order valence-electron chi connectivity index (χ3n) is 3.81. The van der Waals surface area contributed by atoms with Crippen LogP contribution in [0.3, 0.4) is 0 Å². The number of benzene rings is 1. The number of carbonyl (C=O) groups is 1. The minimum absolute atomic E-state index is 0.0458. The molecule has 1 heterocycles. The molecule has 1 aromatic carbocycles. The summed E-state index contributed by atoms with van der Waals surface area (Å²) in [4.78, 5) is 15.8. The van der Waals surface area contributed by atoms with Gasteiger partial charge in [-0.15, -0.1) is 0 Å². The molecule has 1 aromatic heterocycles. The van der Waals surface area contributed by atoms with Crippen LogP contribution >= 0.6 is 11.6 Å². The molecular weight excluding hydrogens is 392 g/mol. The Balaban J connectivity index is 2.49. The fraction of sp³-hybridized carbons (Fsp3) is 0.333. The van der Waals surface area contributed by atoms with E-state index < -0.39 is 16.0 Å².